The van der Waals surface area contributed by atoms with E-state index in [0.717, 1.165) is 18.8 Å². The Balaban J connectivity index is 1.57. The average molecular weight is 487 g/mol. The first-order chi connectivity index (χ1) is 16.9. The number of nitrogens with one attached hydrogen (secondary N) is 3. The van der Waals surface area contributed by atoms with Crippen molar-refractivity contribution in [3.05, 3.63) is 53.1 Å². The molecule has 12 heteroatoms. The van der Waals surface area contributed by atoms with E-state index in [9.17, 15) is 13.9 Å². The van der Waals surface area contributed by atoms with Gasteiger partial charge in [0.25, 0.3) is 0 Å². The summed E-state index contributed by atoms with van der Waals surface area (Å²) >= 11 is 0. The van der Waals surface area contributed by atoms with E-state index in [1.54, 1.807) is 25.1 Å². The van der Waals surface area contributed by atoms with Gasteiger partial charge in [0.05, 0.1) is 17.8 Å². The van der Waals surface area contributed by atoms with Crippen LogP contribution >= 0.6 is 0 Å². The van der Waals surface area contributed by atoms with Gasteiger partial charge in [-0.15, -0.1) is 0 Å². The van der Waals surface area contributed by atoms with Crippen LogP contribution in [0.2, 0.25) is 0 Å². The van der Waals surface area contributed by atoms with E-state index < -0.39 is 17.4 Å². The molecule has 1 aliphatic heterocycles. The molecular weight excluding hydrogens is 458 g/mol. The summed E-state index contributed by atoms with van der Waals surface area (Å²) in [5.41, 5.74) is 1.62. The van der Waals surface area contributed by atoms with Crippen LogP contribution in [0, 0.1) is 18.6 Å². The van der Waals surface area contributed by atoms with Crippen LogP contribution in [0.15, 0.2) is 40.1 Å². The number of amidine groups is 1. The summed E-state index contributed by atoms with van der Waals surface area (Å²) in [5.74, 6) is -0.733. The van der Waals surface area contributed by atoms with Gasteiger partial charge in [0, 0.05) is 55.5 Å². The molecule has 0 unspecified atom stereocenters. The van der Waals surface area contributed by atoms with Gasteiger partial charge in [0.1, 0.15) is 11.7 Å². The molecule has 10 nitrogen and oxygen atoms in total. The largest absolute Gasteiger partial charge is 0.465 e. The maximum absolute atomic E-state index is 14.9. The summed E-state index contributed by atoms with van der Waals surface area (Å²) in [5, 5.41) is 19.2. The Bertz CT molecular complexity index is 1260. The second-order valence-corrected chi connectivity index (χ2v) is 8.24. The summed E-state index contributed by atoms with van der Waals surface area (Å²) in [6.07, 6.45) is 1.67. The van der Waals surface area contributed by atoms with E-state index in [1.165, 1.54) is 6.07 Å². The molecule has 0 saturated carbocycles. The number of hydrogen-bond donors (Lipinski definition) is 4. The highest BCUT2D eigenvalue weighted by Gasteiger charge is 2.19. The van der Waals surface area contributed by atoms with E-state index in [1.807, 2.05) is 11.9 Å². The van der Waals surface area contributed by atoms with Gasteiger partial charge in [-0.2, -0.15) is 5.10 Å². The number of aliphatic hydroxyl groups excluding tert-OH is 1. The number of anilines is 1. The molecule has 1 aliphatic rings. The number of aryl methyl sites for hydroxylation is 1. The zero-order valence-corrected chi connectivity index (χ0v) is 19.6. The van der Waals surface area contributed by atoms with Crippen LogP contribution in [0.4, 0.5) is 14.6 Å². The predicted octanol–water partition coefficient (Wildman–Crippen LogP) is 2.61. The van der Waals surface area contributed by atoms with Crippen LogP contribution in [-0.2, 0) is 6.61 Å². The normalized spacial score (nSPS) is 15.6. The Labute approximate surface area is 201 Å². The highest BCUT2D eigenvalue weighted by atomic mass is 19.1. The molecule has 35 heavy (non-hydrogen) atoms. The van der Waals surface area contributed by atoms with Gasteiger partial charge in [-0.1, -0.05) is 0 Å². The summed E-state index contributed by atoms with van der Waals surface area (Å²) in [4.78, 5) is 15.6. The third kappa shape index (κ3) is 5.66. The van der Waals surface area contributed by atoms with E-state index in [4.69, 9.17) is 4.74 Å². The van der Waals surface area contributed by atoms with Crippen molar-refractivity contribution in [2.24, 2.45) is 9.98 Å². The number of rotatable bonds is 8. The molecule has 2 aromatic heterocycles. The number of fused-ring (bicyclic) bond motifs is 1. The highest BCUT2D eigenvalue weighted by Crippen LogP contribution is 2.30. The smallest absolute Gasteiger partial charge is 0.194 e. The van der Waals surface area contributed by atoms with Crippen LogP contribution in [0.3, 0.4) is 0 Å². The number of hydrogen-bond acceptors (Lipinski definition) is 7. The number of likely N-dealkylation sites (N-methyl/N-ethyl adjacent to an activating group) is 1. The van der Waals surface area contributed by atoms with Crippen LogP contribution < -0.4 is 10.1 Å². The van der Waals surface area contributed by atoms with Crippen molar-refractivity contribution in [1.82, 2.24) is 25.0 Å². The first kappa shape index (κ1) is 24.4. The van der Waals surface area contributed by atoms with Crippen LogP contribution in [0.5, 0.6) is 5.75 Å². The fraction of sp³-hybridized carbons (Fsp3) is 0.348. The molecule has 3 aromatic rings. The monoisotopic (exact) mass is 486 g/mol. The number of nitrogens with zero attached hydrogens (tertiary/aromatic N) is 5. The highest BCUT2D eigenvalue weighted by molar-refractivity contribution is 5.94. The van der Waals surface area contributed by atoms with Gasteiger partial charge < -0.3 is 29.9 Å². The van der Waals surface area contributed by atoms with E-state index in [0.29, 0.717) is 41.8 Å². The van der Waals surface area contributed by atoms with Crippen molar-refractivity contribution < 1.29 is 18.6 Å². The molecule has 1 aromatic carbocycles. The van der Waals surface area contributed by atoms with Crippen molar-refractivity contribution in [1.29, 1.82) is 0 Å². The number of H-pyrrole nitrogens is 2. The molecule has 1 saturated heterocycles. The first-order valence-corrected chi connectivity index (χ1v) is 11.1. The SMILES string of the molecule is C=N/C(=C\C(=N/COc1c(F)cc2[nH]c(C)cc2c1F)N1CCN(C)CC1)Nc1cc(CO)[nH]n1. The van der Waals surface area contributed by atoms with Crippen LogP contribution in [-0.4, -0.2) is 82.6 Å². The molecule has 3 heterocycles. The number of ether oxygens (including phenoxy) is 1. The summed E-state index contributed by atoms with van der Waals surface area (Å²) in [6.45, 7) is 7.92. The van der Waals surface area contributed by atoms with Crippen molar-refractivity contribution in [3.63, 3.8) is 0 Å². The molecule has 0 bridgehead atoms. The fourth-order valence-corrected chi connectivity index (χ4v) is 3.77. The van der Waals surface area contributed by atoms with Crippen LogP contribution in [0.25, 0.3) is 10.9 Å². The molecule has 0 atom stereocenters. The maximum atomic E-state index is 14.9. The number of aliphatic hydroxyl groups is 1. The zero-order valence-electron chi connectivity index (χ0n) is 19.6. The Morgan fingerprint density at radius 3 is 2.74 bits per heavy atom. The number of halogens is 2. The lowest BCUT2D eigenvalue weighted by atomic mass is 10.2. The minimum atomic E-state index is -0.808. The van der Waals surface area contributed by atoms with Gasteiger partial charge in [-0.05, 0) is 26.8 Å². The number of piperazine rings is 1. The Kier molecular flexibility index (Phi) is 7.42. The standard InChI is InChI=1S/C23H28F2N8O2/c1-14-8-16-18(28-14)10-17(24)23(22(16)25)35-13-27-21(33-6-4-32(3)5-7-33)11-19(26-2)29-20-9-15(12-34)30-31-20/h8-11,28,34H,2,4-7,12-13H2,1,3H3,(H2,29,30,31)/b19-11+,27-21+. The molecule has 0 spiro atoms. The fourth-order valence-electron chi connectivity index (χ4n) is 3.77. The number of benzene rings is 1. The lowest BCUT2D eigenvalue weighted by Gasteiger charge is -2.33. The average Bonchev–Trinajstić information content (AvgIpc) is 3.45. The summed E-state index contributed by atoms with van der Waals surface area (Å²) in [7, 11) is 2.03. The van der Waals surface area contributed by atoms with Gasteiger partial charge in [0.2, 0.25) is 0 Å². The molecule has 0 radical (unpaired) electrons. The van der Waals surface area contributed by atoms with Crippen LogP contribution in [0.1, 0.15) is 11.4 Å². The van der Waals surface area contributed by atoms with Crippen molar-refractivity contribution in [3.8, 4) is 5.75 Å². The van der Waals surface area contributed by atoms with Gasteiger partial charge >= 0.3 is 0 Å². The Morgan fingerprint density at radius 2 is 2.06 bits per heavy atom. The van der Waals surface area contributed by atoms with E-state index >= 15 is 0 Å². The molecular formula is C23H28F2N8O2. The number of aromatic amines is 2. The molecule has 0 amide bonds. The zero-order chi connectivity index (χ0) is 24.9. The first-order valence-electron chi connectivity index (χ1n) is 11.1. The van der Waals surface area contributed by atoms with E-state index in [2.05, 4.69) is 42.1 Å². The topological polar surface area (TPSA) is 117 Å². The summed E-state index contributed by atoms with van der Waals surface area (Å²) in [6, 6.07) is 4.45. The summed E-state index contributed by atoms with van der Waals surface area (Å²) < 4.78 is 34.9. The molecule has 0 aliphatic carbocycles. The predicted molar refractivity (Wildman–Crippen MR) is 131 cm³/mol. The lowest BCUT2D eigenvalue weighted by Crippen LogP contribution is -2.47. The minimum absolute atomic E-state index is 0.179. The maximum Gasteiger partial charge on any atom is 0.194 e. The Hall–Kier alpha value is -3.77. The lowest BCUT2D eigenvalue weighted by molar-refractivity contribution is 0.214. The molecule has 1 fully saturated rings. The van der Waals surface area contributed by atoms with Gasteiger partial charge in [-0.25, -0.2) is 18.8 Å². The molecule has 4 rings (SSSR count). The van der Waals surface area contributed by atoms with E-state index in [-0.39, 0.29) is 18.7 Å². The van der Waals surface area contributed by atoms with Crippen molar-refractivity contribution in [2.45, 2.75) is 13.5 Å². The quantitative estimate of drug-likeness (QED) is 0.287. The second kappa shape index (κ2) is 10.7. The third-order valence-corrected chi connectivity index (χ3v) is 5.66. The third-order valence-electron chi connectivity index (χ3n) is 5.66. The second-order valence-electron chi connectivity index (χ2n) is 8.24. The minimum Gasteiger partial charge on any atom is -0.465 e. The van der Waals surface area contributed by atoms with Gasteiger partial charge in [0.15, 0.2) is 29.9 Å². The number of aromatic nitrogens is 3. The van der Waals surface area contributed by atoms with Crippen molar-refractivity contribution >= 4 is 29.3 Å². The van der Waals surface area contributed by atoms with Gasteiger partial charge in [-0.3, -0.25) is 5.10 Å². The van der Waals surface area contributed by atoms with Crippen molar-refractivity contribution in [2.75, 3.05) is 45.3 Å². The molecule has 186 valence electrons. The number of aliphatic imine (C=N–C) groups is 2. The Morgan fingerprint density at radius 1 is 1.29 bits per heavy atom. The molecule has 4 N–H and O–H groups in total.